The molecule has 24 heavy (non-hydrogen) atoms. The Hall–Kier alpha value is -2.15. The molecule has 3 N–H and O–H groups in total. The summed E-state index contributed by atoms with van der Waals surface area (Å²) in [4.78, 5) is 25.3. The molecule has 0 aromatic heterocycles. The summed E-state index contributed by atoms with van der Waals surface area (Å²) in [5, 5.41) is 14.5. The first kappa shape index (κ1) is 16.7. The van der Waals surface area contributed by atoms with Gasteiger partial charge in [0.2, 0.25) is 0 Å². The van der Waals surface area contributed by atoms with Crippen LogP contribution < -0.4 is 11.1 Å². The lowest BCUT2D eigenvalue weighted by Gasteiger charge is -2.33. The summed E-state index contributed by atoms with van der Waals surface area (Å²) in [6, 6.07) is 5.18. The van der Waals surface area contributed by atoms with E-state index in [9.17, 15) is 14.9 Å². The van der Waals surface area contributed by atoms with Crippen LogP contribution in [0.1, 0.15) is 43.0 Å². The van der Waals surface area contributed by atoms with Gasteiger partial charge in [0.25, 0.3) is 11.6 Å². The van der Waals surface area contributed by atoms with Crippen LogP contribution in [0.2, 0.25) is 0 Å². The van der Waals surface area contributed by atoms with Crippen LogP contribution in [0.5, 0.6) is 0 Å². The smallest absolute Gasteiger partial charge is 0.293 e. The molecular weight excluding hydrogens is 308 g/mol. The fraction of sp³-hybridized carbons (Fsp3) is 0.588. The lowest BCUT2D eigenvalue weighted by Crippen LogP contribution is -2.42. The molecule has 1 heterocycles. The van der Waals surface area contributed by atoms with Gasteiger partial charge in [-0.15, -0.1) is 0 Å². The second-order valence-electron chi connectivity index (χ2n) is 6.90. The average molecular weight is 332 g/mol. The van der Waals surface area contributed by atoms with Gasteiger partial charge in [0.1, 0.15) is 5.69 Å². The van der Waals surface area contributed by atoms with Crippen molar-refractivity contribution in [3.63, 3.8) is 0 Å². The van der Waals surface area contributed by atoms with E-state index in [0.29, 0.717) is 36.3 Å². The predicted octanol–water partition coefficient (Wildman–Crippen LogP) is 2.37. The molecule has 1 aliphatic carbocycles. The fourth-order valence-electron chi connectivity index (χ4n) is 3.20. The number of likely N-dealkylation sites (tertiary alicyclic amines) is 1. The number of rotatable bonds is 5. The Bertz CT molecular complexity index is 635. The van der Waals surface area contributed by atoms with E-state index in [1.165, 1.54) is 6.07 Å². The van der Waals surface area contributed by atoms with Crippen LogP contribution in [0.4, 0.5) is 11.4 Å². The number of anilines is 1. The number of benzene rings is 1. The molecule has 7 heteroatoms. The van der Waals surface area contributed by atoms with Gasteiger partial charge in [-0.25, -0.2) is 0 Å². The number of piperidine rings is 1. The quantitative estimate of drug-likeness (QED) is 0.636. The minimum atomic E-state index is -0.427. The second kappa shape index (κ2) is 6.76. The van der Waals surface area contributed by atoms with Crippen molar-refractivity contribution >= 4 is 17.3 Å². The van der Waals surface area contributed by atoms with E-state index >= 15 is 0 Å². The SMILES string of the molecule is CC(N)C1CCN(C(=O)c2ccc(NC3CC3)c([N+](=O)[O-])c2)CC1. The van der Waals surface area contributed by atoms with Crippen molar-refractivity contribution in [1.29, 1.82) is 0 Å². The molecule has 1 aromatic rings. The third-order valence-corrected chi connectivity index (χ3v) is 4.95. The highest BCUT2D eigenvalue weighted by Crippen LogP contribution is 2.32. The fourth-order valence-corrected chi connectivity index (χ4v) is 3.20. The number of nitro benzene ring substituents is 1. The van der Waals surface area contributed by atoms with Gasteiger partial charge in [0, 0.05) is 36.8 Å². The summed E-state index contributed by atoms with van der Waals surface area (Å²) in [5.41, 5.74) is 6.77. The third kappa shape index (κ3) is 3.67. The molecular formula is C17H24N4O3. The summed E-state index contributed by atoms with van der Waals surface area (Å²) < 4.78 is 0. The zero-order valence-electron chi connectivity index (χ0n) is 13.9. The van der Waals surface area contributed by atoms with Gasteiger partial charge in [-0.05, 0) is 50.7 Å². The van der Waals surface area contributed by atoms with E-state index in [1.54, 1.807) is 17.0 Å². The van der Waals surface area contributed by atoms with Crippen LogP contribution in [-0.4, -0.2) is 40.9 Å². The Balaban J connectivity index is 1.73. The summed E-state index contributed by atoms with van der Waals surface area (Å²) in [6.07, 6.45) is 3.83. The van der Waals surface area contributed by atoms with E-state index in [4.69, 9.17) is 5.73 Å². The highest BCUT2D eigenvalue weighted by Gasteiger charge is 2.28. The second-order valence-corrected chi connectivity index (χ2v) is 6.90. The standard InChI is InChI=1S/C17H24N4O3/c1-11(18)12-6-8-20(9-7-12)17(22)13-2-5-15(19-14-3-4-14)16(10-13)21(23)24/h2,5,10-12,14,19H,3-4,6-9,18H2,1H3. The maximum atomic E-state index is 12.6. The first-order valence-electron chi connectivity index (χ1n) is 8.55. The Morgan fingerprint density at radius 2 is 2.00 bits per heavy atom. The van der Waals surface area contributed by atoms with E-state index in [1.807, 2.05) is 6.92 Å². The third-order valence-electron chi connectivity index (χ3n) is 4.95. The number of nitro groups is 1. The highest BCUT2D eigenvalue weighted by molar-refractivity contribution is 5.95. The minimum Gasteiger partial charge on any atom is -0.377 e. The molecule has 1 atom stereocenters. The maximum Gasteiger partial charge on any atom is 0.293 e. The van der Waals surface area contributed by atoms with Crippen LogP contribution in [0, 0.1) is 16.0 Å². The van der Waals surface area contributed by atoms with E-state index < -0.39 is 4.92 Å². The molecule has 1 aromatic carbocycles. The van der Waals surface area contributed by atoms with Crippen molar-refractivity contribution in [2.24, 2.45) is 11.7 Å². The number of nitrogens with one attached hydrogen (secondary N) is 1. The summed E-state index contributed by atoms with van der Waals surface area (Å²) in [6.45, 7) is 3.30. The van der Waals surface area contributed by atoms with Crippen molar-refractivity contribution in [1.82, 2.24) is 4.90 Å². The van der Waals surface area contributed by atoms with Crippen molar-refractivity contribution in [3.8, 4) is 0 Å². The number of carbonyl (C=O) groups is 1. The van der Waals surface area contributed by atoms with Crippen LogP contribution in [0.15, 0.2) is 18.2 Å². The molecule has 0 spiro atoms. The molecule has 2 aliphatic rings. The molecule has 1 aliphatic heterocycles. The van der Waals surface area contributed by atoms with Gasteiger partial charge >= 0.3 is 0 Å². The zero-order valence-corrected chi connectivity index (χ0v) is 13.9. The van der Waals surface area contributed by atoms with Crippen molar-refractivity contribution < 1.29 is 9.72 Å². The van der Waals surface area contributed by atoms with Crippen molar-refractivity contribution in [2.75, 3.05) is 18.4 Å². The molecule has 1 saturated carbocycles. The number of amides is 1. The topological polar surface area (TPSA) is 102 Å². The summed E-state index contributed by atoms with van der Waals surface area (Å²) >= 11 is 0. The maximum absolute atomic E-state index is 12.6. The zero-order chi connectivity index (χ0) is 17.3. The Morgan fingerprint density at radius 3 is 2.54 bits per heavy atom. The van der Waals surface area contributed by atoms with Gasteiger partial charge in [-0.2, -0.15) is 0 Å². The highest BCUT2D eigenvalue weighted by atomic mass is 16.6. The lowest BCUT2D eigenvalue weighted by molar-refractivity contribution is -0.384. The summed E-state index contributed by atoms with van der Waals surface area (Å²) in [5.74, 6) is 0.299. The molecule has 3 rings (SSSR count). The number of carbonyl (C=O) groups excluding carboxylic acids is 1. The normalized spacial score (nSPS) is 19.8. The monoisotopic (exact) mass is 332 g/mol. The molecule has 1 unspecified atom stereocenters. The number of hydrogen-bond acceptors (Lipinski definition) is 5. The van der Waals surface area contributed by atoms with E-state index in [0.717, 1.165) is 25.7 Å². The number of nitrogens with two attached hydrogens (primary N) is 1. The Morgan fingerprint density at radius 1 is 1.33 bits per heavy atom. The van der Waals surface area contributed by atoms with Crippen LogP contribution in [0.25, 0.3) is 0 Å². The Kier molecular flexibility index (Phi) is 4.71. The molecule has 1 saturated heterocycles. The largest absolute Gasteiger partial charge is 0.377 e. The molecule has 0 bridgehead atoms. The van der Waals surface area contributed by atoms with Gasteiger partial charge in [0.15, 0.2) is 0 Å². The van der Waals surface area contributed by atoms with E-state index in [-0.39, 0.29) is 17.6 Å². The molecule has 7 nitrogen and oxygen atoms in total. The molecule has 130 valence electrons. The van der Waals surface area contributed by atoms with Crippen molar-refractivity contribution in [3.05, 3.63) is 33.9 Å². The number of hydrogen-bond donors (Lipinski definition) is 2. The molecule has 1 amide bonds. The molecule has 2 fully saturated rings. The average Bonchev–Trinajstić information content (AvgIpc) is 3.38. The van der Waals surface area contributed by atoms with Crippen LogP contribution in [0.3, 0.4) is 0 Å². The van der Waals surface area contributed by atoms with Gasteiger partial charge in [0.05, 0.1) is 4.92 Å². The molecule has 0 radical (unpaired) electrons. The first-order valence-corrected chi connectivity index (χ1v) is 8.55. The Labute approximate surface area is 141 Å². The lowest BCUT2D eigenvalue weighted by atomic mass is 9.90. The van der Waals surface area contributed by atoms with Crippen molar-refractivity contribution in [2.45, 2.75) is 44.7 Å². The van der Waals surface area contributed by atoms with Crippen LogP contribution in [-0.2, 0) is 0 Å². The predicted molar refractivity (Wildman–Crippen MR) is 92.0 cm³/mol. The summed E-state index contributed by atoms with van der Waals surface area (Å²) in [7, 11) is 0. The van der Waals surface area contributed by atoms with Gasteiger partial charge in [-0.1, -0.05) is 0 Å². The van der Waals surface area contributed by atoms with Gasteiger partial charge < -0.3 is 16.0 Å². The van der Waals surface area contributed by atoms with Crippen LogP contribution >= 0.6 is 0 Å². The van der Waals surface area contributed by atoms with E-state index in [2.05, 4.69) is 5.32 Å². The minimum absolute atomic E-state index is 0.0294. The number of nitrogens with zero attached hydrogens (tertiary/aromatic N) is 2. The first-order chi connectivity index (χ1) is 11.5. The van der Waals surface area contributed by atoms with Gasteiger partial charge in [-0.3, -0.25) is 14.9 Å².